The molecule has 0 saturated heterocycles. The fourth-order valence-electron chi connectivity index (χ4n) is 2.60. The van der Waals surface area contributed by atoms with Crippen LogP contribution in [0.1, 0.15) is 25.0 Å². The summed E-state index contributed by atoms with van der Waals surface area (Å²) in [7, 11) is 0. The van der Waals surface area contributed by atoms with Crippen molar-refractivity contribution in [1.29, 1.82) is 0 Å². The van der Waals surface area contributed by atoms with Crippen molar-refractivity contribution in [3.05, 3.63) is 71.8 Å². The van der Waals surface area contributed by atoms with Gasteiger partial charge in [-0.2, -0.15) is 0 Å². The Morgan fingerprint density at radius 3 is 2.53 bits per heavy atom. The zero-order valence-electron chi connectivity index (χ0n) is 11.7. The van der Waals surface area contributed by atoms with Gasteiger partial charge >= 0.3 is 0 Å². The molecule has 0 saturated carbocycles. The molecule has 0 spiro atoms. The molecule has 0 aliphatic heterocycles. The van der Waals surface area contributed by atoms with E-state index >= 15 is 0 Å². The fourth-order valence-corrected chi connectivity index (χ4v) is 2.60. The monoisotopic (exact) mass is 248 g/mol. The summed E-state index contributed by atoms with van der Waals surface area (Å²) in [6, 6.07) is 8.41. The summed E-state index contributed by atoms with van der Waals surface area (Å²) in [4.78, 5) is 0. The lowest BCUT2D eigenvalue weighted by Crippen LogP contribution is -2.17. The van der Waals surface area contributed by atoms with Crippen LogP contribution >= 0.6 is 0 Å². The van der Waals surface area contributed by atoms with Crippen LogP contribution in [0.4, 0.5) is 0 Å². The first kappa shape index (κ1) is 13.4. The van der Waals surface area contributed by atoms with Gasteiger partial charge in [-0.15, -0.1) is 0 Å². The molecule has 0 N–H and O–H groups in total. The highest BCUT2D eigenvalue weighted by Gasteiger charge is 2.21. The SMILES string of the molecule is C=C/C1=C(\C=C)C(C(C)C)Cc2ccccc2C#C1. The summed E-state index contributed by atoms with van der Waals surface area (Å²) in [5, 5.41) is 0. The summed E-state index contributed by atoms with van der Waals surface area (Å²) < 4.78 is 0. The molecule has 1 aliphatic rings. The molecule has 1 atom stereocenters. The van der Waals surface area contributed by atoms with Gasteiger partial charge in [-0.05, 0) is 35.5 Å². The van der Waals surface area contributed by atoms with Crippen molar-refractivity contribution < 1.29 is 0 Å². The van der Waals surface area contributed by atoms with E-state index in [2.05, 4.69) is 57.0 Å². The van der Waals surface area contributed by atoms with E-state index < -0.39 is 0 Å². The highest BCUT2D eigenvalue weighted by atomic mass is 14.2. The second-order valence-electron chi connectivity index (χ2n) is 5.24. The minimum Gasteiger partial charge on any atom is -0.0987 e. The number of hydrogen-bond acceptors (Lipinski definition) is 0. The first-order valence-corrected chi connectivity index (χ1v) is 6.76. The largest absolute Gasteiger partial charge is 0.0987 e. The van der Waals surface area contributed by atoms with Crippen LogP contribution in [0.3, 0.4) is 0 Å². The summed E-state index contributed by atoms with van der Waals surface area (Å²) in [5.41, 5.74) is 4.71. The summed E-state index contributed by atoms with van der Waals surface area (Å²) in [5.74, 6) is 7.51. The predicted octanol–water partition coefficient (Wildman–Crippen LogP) is 4.54. The van der Waals surface area contributed by atoms with Crippen molar-refractivity contribution >= 4 is 0 Å². The molecule has 1 aliphatic carbocycles. The Bertz CT molecular complexity index is 588. The van der Waals surface area contributed by atoms with Gasteiger partial charge in [0.15, 0.2) is 0 Å². The van der Waals surface area contributed by atoms with Gasteiger partial charge in [-0.1, -0.05) is 69.2 Å². The Morgan fingerprint density at radius 2 is 1.89 bits per heavy atom. The van der Waals surface area contributed by atoms with Crippen LogP contribution in [-0.4, -0.2) is 0 Å². The minimum atomic E-state index is 0.446. The van der Waals surface area contributed by atoms with E-state index in [0.717, 1.165) is 17.6 Å². The highest BCUT2D eigenvalue weighted by molar-refractivity contribution is 5.54. The van der Waals surface area contributed by atoms with Gasteiger partial charge in [0.2, 0.25) is 0 Å². The van der Waals surface area contributed by atoms with E-state index in [4.69, 9.17) is 0 Å². The van der Waals surface area contributed by atoms with E-state index in [1.165, 1.54) is 11.1 Å². The lowest BCUT2D eigenvalue weighted by Gasteiger charge is -2.25. The number of rotatable bonds is 3. The molecule has 0 heteroatoms. The molecule has 0 nitrogen and oxygen atoms in total. The number of fused-ring (bicyclic) bond motifs is 1. The van der Waals surface area contributed by atoms with E-state index in [1.54, 1.807) is 0 Å². The molecule has 0 amide bonds. The van der Waals surface area contributed by atoms with Gasteiger partial charge in [0, 0.05) is 11.1 Å². The van der Waals surface area contributed by atoms with E-state index in [1.807, 2.05) is 18.2 Å². The van der Waals surface area contributed by atoms with Gasteiger partial charge in [-0.3, -0.25) is 0 Å². The van der Waals surface area contributed by atoms with Crippen LogP contribution < -0.4 is 0 Å². The molecule has 0 bridgehead atoms. The quantitative estimate of drug-likeness (QED) is 0.689. The molecule has 0 heterocycles. The predicted molar refractivity (Wildman–Crippen MR) is 82.8 cm³/mol. The number of benzene rings is 1. The second-order valence-corrected chi connectivity index (χ2v) is 5.24. The minimum absolute atomic E-state index is 0.446. The zero-order chi connectivity index (χ0) is 13.8. The first-order chi connectivity index (χ1) is 9.17. The van der Waals surface area contributed by atoms with Crippen LogP contribution in [0, 0.1) is 23.7 Å². The van der Waals surface area contributed by atoms with Crippen LogP contribution in [0.5, 0.6) is 0 Å². The maximum Gasteiger partial charge on any atom is 0.0281 e. The Kier molecular flexibility index (Phi) is 4.07. The lowest BCUT2D eigenvalue weighted by atomic mass is 9.79. The highest BCUT2D eigenvalue weighted by Crippen LogP contribution is 2.30. The van der Waals surface area contributed by atoms with Gasteiger partial charge in [0.25, 0.3) is 0 Å². The average Bonchev–Trinajstić information content (AvgIpc) is 2.39. The van der Waals surface area contributed by atoms with Gasteiger partial charge in [0.1, 0.15) is 0 Å². The Labute approximate surface area is 116 Å². The zero-order valence-corrected chi connectivity index (χ0v) is 11.7. The molecular formula is C19H20. The van der Waals surface area contributed by atoms with Crippen molar-refractivity contribution in [3.8, 4) is 11.8 Å². The third-order valence-corrected chi connectivity index (χ3v) is 3.73. The lowest BCUT2D eigenvalue weighted by molar-refractivity contribution is 0.446. The first-order valence-electron chi connectivity index (χ1n) is 6.76. The van der Waals surface area contributed by atoms with Crippen molar-refractivity contribution in [3.63, 3.8) is 0 Å². The maximum atomic E-state index is 3.97. The molecule has 96 valence electrons. The Hall–Kier alpha value is -2.00. The maximum absolute atomic E-state index is 3.97. The average molecular weight is 248 g/mol. The molecule has 0 fully saturated rings. The number of hydrogen-bond donors (Lipinski definition) is 0. The van der Waals surface area contributed by atoms with E-state index in [-0.39, 0.29) is 0 Å². The van der Waals surface area contributed by atoms with Crippen molar-refractivity contribution in [2.75, 3.05) is 0 Å². The molecule has 19 heavy (non-hydrogen) atoms. The van der Waals surface area contributed by atoms with Crippen LogP contribution in [-0.2, 0) is 6.42 Å². The summed E-state index contributed by atoms with van der Waals surface area (Å²) in [6.45, 7) is 12.4. The normalized spacial score (nSPS) is 21.7. The van der Waals surface area contributed by atoms with Crippen LogP contribution in [0.15, 0.2) is 60.7 Å². The van der Waals surface area contributed by atoms with Crippen molar-refractivity contribution in [2.45, 2.75) is 20.3 Å². The van der Waals surface area contributed by atoms with Gasteiger partial charge < -0.3 is 0 Å². The van der Waals surface area contributed by atoms with E-state index in [9.17, 15) is 0 Å². The molecule has 0 aromatic heterocycles. The topological polar surface area (TPSA) is 0 Å². The Morgan fingerprint density at radius 1 is 1.16 bits per heavy atom. The van der Waals surface area contributed by atoms with Gasteiger partial charge in [0.05, 0.1) is 0 Å². The second kappa shape index (κ2) is 5.76. The van der Waals surface area contributed by atoms with Crippen molar-refractivity contribution in [2.24, 2.45) is 11.8 Å². The summed E-state index contributed by atoms with van der Waals surface area (Å²) >= 11 is 0. The van der Waals surface area contributed by atoms with Crippen LogP contribution in [0.2, 0.25) is 0 Å². The molecular weight excluding hydrogens is 228 g/mol. The molecule has 1 unspecified atom stereocenters. The summed E-state index contributed by atoms with van der Waals surface area (Å²) in [6.07, 6.45) is 4.82. The fraction of sp³-hybridized carbons (Fsp3) is 0.263. The molecule has 1 aromatic carbocycles. The standard InChI is InChI=1S/C19H20/c1-5-15-11-12-16-9-7-8-10-17(16)13-19(14(3)4)18(15)6-2/h5-10,14,19H,1-2,13H2,3-4H3/b18-15-. The molecule has 0 radical (unpaired) electrons. The smallest absolute Gasteiger partial charge is 0.0281 e. The molecule has 1 aromatic rings. The number of allylic oxidation sites excluding steroid dienone is 4. The van der Waals surface area contributed by atoms with Gasteiger partial charge in [-0.25, -0.2) is 0 Å². The third kappa shape index (κ3) is 2.71. The van der Waals surface area contributed by atoms with Crippen molar-refractivity contribution in [1.82, 2.24) is 0 Å². The van der Waals surface area contributed by atoms with Crippen LogP contribution in [0.25, 0.3) is 0 Å². The third-order valence-electron chi connectivity index (χ3n) is 3.73. The Balaban J connectivity index is 2.64. The molecule has 2 rings (SSSR count). The van der Waals surface area contributed by atoms with E-state index in [0.29, 0.717) is 11.8 Å².